The maximum atomic E-state index is 5.36. The lowest BCUT2D eigenvalue weighted by Crippen LogP contribution is -2.29. The van der Waals surface area contributed by atoms with Gasteiger partial charge in [0.25, 0.3) is 0 Å². The number of benzene rings is 1. The topological polar surface area (TPSA) is 12.5 Å². The molecule has 0 aliphatic carbocycles. The molecule has 2 rings (SSSR count). The van der Waals surface area contributed by atoms with Crippen molar-refractivity contribution < 1.29 is 4.74 Å². The second-order valence-corrected chi connectivity index (χ2v) is 5.01. The normalized spacial score (nSPS) is 17.1. The van der Waals surface area contributed by atoms with Crippen molar-refractivity contribution in [2.75, 3.05) is 20.2 Å². The SMILES string of the molecule is COc1ccc(CN2CCCCC2)c(C)c1C. The fourth-order valence-corrected chi connectivity index (χ4v) is 2.60. The highest BCUT2D eigenvalue weighted by atomic mass is 16.5. The van der Waals surface area contributed by atoms with Crippen LogP contribution in [0.4, 0.5) is 0 Å². The summed E-state index contributed by atoms with van der Waals surface area (Å²) in [6.07, 6.45) is 4.11. The summed E-state index contributed by atoms with van der Waals surface area (Å²) in [5.74, 6) is 1.00. The van der Waals surface area contributed by atoms with Crippen LogP contribution in [-0.4, -0.2) is 25.1 Å². The van der Waals surface area contributed by atoms with E-state index in [0.717, 1.165) is 12.3 Å². The molecule has 1 saturated heterocycles. The van der Waals surface area contributed by atoms with Crippen LogP contribution in [0.15, 0.2) is 12.1 Å². The molecule has 1 heterocycles. The minimum absolute atomic E-state index is 1.00. The van der Waals surface area contributed by atoms with Crippen molar-refractivity contribution in [2.45, 2.75) is 39.7 Å². The zero-order valence-electron chi connectivity index (χ0n) is 11.3. The van der Waals surface area contributed by atoms with Gasteiger partial charge in [-0.05, 0) is 62.5 Å². The van der Waals surface area contributed by atoms with Crippen LogP contribution in [-0.2, 0) is 6.54 Å². The molecule has 1 aliphatic rings. The Hall–Kier alpha value is -1.02. The van der Waals surface area contributed by atoms with Gasteiger partial charge in [-0.25, -0.2) is 0 Å². The van der Waals surface area contributed by atoms with E-state index in [-0.39, 0.29) is 0 Å². The number of methoxy groups -OCH3 is 1. The van der Waals surface area contributed by atoms with Crippen molar-refractivity contribution in [1.29, 1.82) is 0 Å². The number of likely N-dealkylation sites (tertiary alicyclic amines) is 1. The second-order valence-electron chi connectivity index (χ2n) is 5.01. The van der Waals surface area contributed by atoms with Crippen molar-refractivity contribution in [3.63, 3.8) is 0 Å². The molecule has 0 atom stereocenters. The predicted molar refractivity (Wildman–Crippen MR) is 71.6 cm³/mol. The third kappa shape index (κ3) is 2.81. The van der Waals surface area contributed by atoms with Gasteiger partial charge in [0.1, 0.15) is 5.75 Å². The third-order valence-corrected chi connectivity index (χ3v) is 3.91. The molecule has 17 heavy (non-hydrogen) atoms. The Labute approximate surface area is 105 Å². The molecule has 0 N–H and O–H groups in total. The smallest absolute Gasteiger partial charge is 0.122 e. The van der Waals surface area contributed by atoms with Crippen molar-refractivity contribution in [3.05, 3.63) is 28.8 Å². The van der Waals surface area contributed by atoms with Gasteiger partial charge >= 0.3 is 0 Å². The molecule has 0 spiro atoms. The summed E-state index contributed by atoms with van der Waals surface area (Å²) in [5, 5.41) is 0. The molecule has 1 fully saturated rings. The van der Waals surface area contributed by atoms with Crippen LogP contribution < -0.4 is 4.74 Å². The molecule has 94 valence electrons. The first-order valence-electron chi connectivity index (χ1n) is 6.58. The summed E-state index contributed by atoms with van der Waals surface area (Å²) in [4.78, 5) is 2.57. The van der Waals surface area contributed by atoms with Crippen molar-refractivity contribution in [1.82, 2.24) is 4.90 Å². The van der Waals surface area contributed by atoms with E-state index < -0.39 is 0 Å². The van der Waals surface area contributed by atoms with E-state index in [1.54, 1.807) is 7.11 Å². The Kier molecular flexibility index (Phi) is 4.06. The highest BCUT2D eigenvalue weighted by Crippen LogP contribution is 2.25. The van der Waals surface area contributed by atoms with Crippen LogP contribution in [0.1, 0.15) is 36.0 Å². The molecule has 0 unspecified atom stereocenters. The number of ether oxygens (including phenoxy) is 1. The van der Waals surface area contributed by atoms with Crippen LogP contribution in [0.2, 0.25) is 0 Å². The molecule has 0 bridgehead atoms. The summed E-state index contributed by atoms with van der Waals surface area (Å²) in [5.41, 5.74) is 4.11. The highest BCUT2D eigenvalue weighted by molar-refractivity contribution is 5.43. The Morgan fingerprint density at radius 3 is 2.41 bits per heavy atom. The van der Waals surface area contributed by atoms with Gasteiger partial charge < -0.3 is 4.74 Å². The fraction of sp³-hybridized carbons (Fsp3) is 0.600. The fourth-order valence-electron chi connectivity index (χ4n) is 2.60. The monoisotopic (exact) mass is 233 g/mol. The zero-order valence-corrected chi connectivity index (χ0v) is 11.3. The first kappa shape index (κ1) is 12.4. The van der Waals surface area contributed by atoms with E-state index in [1.807, 2.05) is 0 Å². The first-order valence-corrected chi connectivity index (χ1v) is 6.58. The zero-order chi connectivity index (χ0) is 12.3. The molecule has 1 aromatic carbocycles. The maximum Gasteiger partial charge on any atom is 0.122 e. The quantitative estimate of drug-likeness (QED) is 0.794. The van der Waals surface area contributed by atoms with Crippen LogP contribution in [0, 0.1) is 13.8 Å². The maximum absolute atomic E-state index is 5.36. The summed E-state index contributed by atoms with van der Waals surface area (Å²) in [6, 6.07) is 4.32. The molecular formula is C15H23NO. The Morgan fingerprint density at radius 2 is 1.76 bits per heavy atom. The molecule has 0 radical (unpaired) electrons. The Morgan fingerprint density at radius 1 is 1.06 bits per heavy atom. The Balaban J connectivity index is 2.12. The third-order valence-electron chi connectivity index (χ3n) is 3.91. The molecular weight excluding hydrogens is 210 g/mol. The van der Waals surface area contributed by atoms with Gasteiger partial charge in [0.2, 0.25) is 0 Å². The molecule has 1 aromatic rings. The van der Waals surface area contributed by atoms with E-state index in [4.69, 9.17) is 4.74 Å². The summed E-state index contributed by atoms with van der Waals surface area (Å²) < 4.78 is 5.36. The van der Waals surface area contributed by atoms with E-state index >= 15 is 0 Å². The van der Waals surface area contributed by atoms with Gasteiger partial charge in [-0.3, -0.25) is 4.90 Å². The average molecular weight is 233 g/mol. The highest BCUT2D eigenvalue weighted by Gasteiger charge is 2.13. The molecule has 2 heteroatoms. The van der Waals surface area contributed by atoms with Crippen LogP contribution in [0.3, 0.4) is 0 Å². The van der Waals surface area contributed by atoms with E-state index in [2.05, 4.69) is 30.9 Å². The van der Waals surface area contributed by atoms with E-state index in [0.29, 0.717) is 0 Å². The molecule has 1 aliphatic heterocycles. The number of hydrogen-bond acceptors (Lipinski definition) is 2. The lowest BCUT2D eigenvalue weighted by Gasteiger charge is -2.27. The largest absolute Gasteiger partial charge is 0.496 e. The molecule has 0 amide bonds. The molecule has 0 saturated carbocycles. The number of piperidine rings is 1. The van der Waals surface area contributed by atoms with Crippen molar-refractivity contribution >= 4 is 0 Å². The van der Waals surface area contributed by atoms with Gasteiger partial charge in [-0.1, -0.05) is 12.5 Å². The van der Waals surface area contributed by atoms with Crippen molar-refractivity contribution in [2.24, 2.45) is 0 Å². The Bertz CT molecular complexity index is 381. The van der Waals surface area contributed by atoms with E-state index in [1.165, 1.54) is 49.0 Å². The van der Waals surface area contributed by atoms with Gasteiger partial charge in [-0.15, -0.1) is 0 Å². The lowest BCUT2D eigenvalue weighted by molar-refractivity contribution is 0.220. The minimum Gasteiger partial charge on any atom is -0.496 e. The molecule has 2 nitrogen and oxygen atoms in total. The summed E-state index contributed by atoms with van der Waals surface area (Å²) >= 11 is 0. The average Bonchev–Trinajstić information content (AvgIpc) is 2.37. The van der Waals surface area contributed by atoms with Gasteiger partial charge in [0, 0.05) is 6.54 Å². The van der Waals surface area contributed by atoms with Gasteiger partial charge in [0.05, 0.1) is 7.11 Å². The minimum atomic E-state index is 1.00. The summed E-state index contributed by atoms with van der Waals surface area (Å²) in [6.45, 7) is 7.96. The standard InChI is InChI=1S/C15H23NO/c1-12-13(2)15(17-3)8-7-14(12)11-16-9-5-4-6-10-16/h7-8H,4-6,9-11H2,1-3H3. The summed E-state index contributed by atoms with van der Waals surface area (Å²) in [7, 11) is 1.74. The second kappa shape index (κ2) is 5.54. The lowest BCUT2D eigenvalue weighted by atomic mass is 10.0. The number of nitrogens with zero attached hydrogens (tertiary/aromatic N) is 1. The van der Waals surface area contributed by atoms with Gasteiger partial charge in [-0.2, -0.15) is 0 Å². The van der Waals surface area contributed by atoms with Gasteiger partial charge in [0.15, 0.2) is 0 Å². The first-order chi connectivity index (χ1) is 8.22. The van der Waals surface area contributed by atoms with Crippen molar-refractivity contribution in [3.8, 4) is 5.75 Å². The number of hydrogen-bond donors (Lipinski definition) is 0. The predicted octanol–water partition coefficient (Wildman–Crippen LogP) is 3.30. The molecule has 0 aromatic heterocycles. The van der Waals surface area contributed by atoms with E-state index in [9.17, 15) is 0 Å². The van der Waals surface area contributed by atoms with Crippen LogP contribution in [0.5, 0.6) is 5.75 Å². The number of rotatable bonds is 3. The van der Waals surface area contributed by atoms with Crippen LogP contribution >= 0.6 is 0 Å². The van der Waals surface area contributed by atoms with Crippen LogP contribution in [0.25, 0.3) is 0 Å².